The van der Waals surface area contributed by atoms with Gasteiger partial charge in [-0.3, -0.25) is 0 Å². The summed E-state index contributed by atoms with van der Waals surface area (Å²) in [7, 11) is 0. The van der Waals surface area contributed by atoms with Crippen LogP contribution >= 0.6 is 0 Å². The van der Waals surface area contributed by atoms with Crippen molar-refractivity contribution in [3.63, 3.8) is 0 Å². The van der Waals surface area contributed by atoms with E-state index >= 15 is 0 Å². The van der Waals surface area contributed by atoms with Gasteiger partial charge in [0.15, 0.2) is 0 Å². The predicted octanol–water partition coefficient (Wildman–Crippen LogP) is 3.63. The summed E-state index contributed by atoms with van der Waals surface area (Å²) in [5.41, 5.74) is 2.83. The van der Waals surface area contributed by atoms with E-state index in [4.69, 9.17) is 0 Å². The van der Waals surface area contributed by atoms with Crippen LogP contribution in [0.4, 0.5) is 0 Å². The van der Waals surface area contributed by atoms with Crippen molar-refractivity contribution in [2.45, 2.75) is 40.7 Å². The molecule has 0 atom stereocenters. The van der Waals surface area contributed by atoms with E-state index < -0.39 is 0 Å². The van der Waals surface area contributed by atoms with Gasteiger partial charge in [-0.2, -0.15) is 0 Å². The molecule has 0 saturated carbocycles. The lowest BCUT2D eigenvalue weighted by molar-refractivity contribution is 0.552. The van der Waals surface area contributed by atoms with Gasteiger partial charge < -0.3 is 5.32 Å². The molecule has 1 aromatic carbocycles. The average Bonchev–Trinajstić information content (AvgIpc) is 2.19. The van der Waals surface area contributed by atoms with Crippen molar-refractivity contribution in [2.24, 2.45) is 11.8 Å². The second-order valence-corrected chi connectivity index (χ2v) is 5.44. The molecule has 0 unspecified atom stereocenters. The lowest BCUT2D eigenvalue weighted by Gasteiger charge is -2.09. The Bertz CT molecular complexity index is 285. The fraction of sp³-hybridized carbons (Fsp3) is 0.600. The molecule has 0 bridgehead atoms. The Kier molecular flexibility index (Phi) is 5.54. The minimum absolute atomic E-state index is 0.722. The van der Waals surface area contributed by atoms with E-state index in [0.717, 1.165) is 24.9 Å². The Morgan fingerprint density at radius 2 is 1.44 bits per heavy atom. The fourth-order valence-corrected chi connectivity index (χ4v) is 1.77. The van der Waals surface area contributed by atoms with Crippen molar-refractivity contribution in [1.29, 1.82) is 0 Å². The lowest BCUT2D eigenvalue weighted by atomic mass is 10.0. The molecule has 0 fully saturated rings. The zero-order valence-corrected chi connectivity index (χ0v) is 11.1. The molecule has 1 rings (SSSR count). The van der Waals surface area contributed by atoms with E-state index in [2.05, 4.69) is 57.3 Å². The first-order chi connectivity index (χ1) is 7.58. The average molecular weight is 219 g/mol. The monoisotopic (exact) mass is 219 g/mol. The molecule has 1 N–H and O–H groups in total. The second-order valence-electron chi connectivity index (χ2n) is 5.44. The first kappa shape index (κ1) is 13.2. The number of rotatable bonds is 6. The fourth-order valence-electron chi connectivity index (χ4n) is 1.77. The molecule has 0 heterocycles. The van der Waals surface area contributed by atoms with Gasteiger partial charge in [-0.15, -0.1) is 0 Å². The Hall–Kier alpha value is -0.820. The van der Waals surface area contributed by atoms with E-state index in [-0.39, 0.29) is 0 Å². The highest BCUT2D eigenvalue weighted by molar-refractivity contribution is 5.22. The molecular weight excluding hydrogens is 194 g/mol. The molecule has 0 aromatic heterocycles. The third kappa shape index (κ3) is 5.32. The maximum atomic E-state index is 3.46. The molecule has 1 heteroatoms. The highest BCUT2D eigenvalue weighted by Crippen LogP contribution is 2.09. The number of benzene rings is 1. The first-order valence-electron chi connectivity index (χ1n) is 6.36. The SMILES string of the molecule is CC(C)CNCc1ccc(CC(C)C)cc1. The Morgan fingerprint density at radius 3 is 1.94 bits per heavy atom. The molecule has 0 aliphatic rings. The highest BCUT2D eigenvalue weighted by atomic mass is 14.8. The predicted molar refractivity (Wildman–Crippen MR) is 71.5 cm³/mol. The summed E-state index contributed by atoms with van der Waals surface area (Å²) in [4.78, 5) is 0. The molecule has 0 spiro atoms. The van der Waals surface area contributed by atoms with Crippen molar-refractivity contribution in [1.82, 2.24) is 5.32 Å². The smallest absolute Gasteiger partial charge is 0.0205 e. The minimum atomic E-state index is 0.722. The normalized spacial score (nSPS) is 11.4. The maximum absolute atomic E-state index is 3.46. The number of hydrogen-bond donors (Lipinski definition) is 1. The summed E-state index contributed by atoms with van der Waals surface area (Å²) < 4.78 is 0. The van der Waals surface area contributed by atoms with Gasteiger partial charge in [0, 0.05) is 6.54 Å². The quantitative estimate of drug-likeness (QED) is 0.770. The van der Waals surface area contributed by atoms with Crippen molar-refractivity contribution in [3.8, 4) is 0 Å². The summed E-state index contributed by atoms with van der Waals surface area (Å²) in [6, 6.07) is 8.99. The number of nitrogens with one attached hydrogen (secondary N) is 1. The summed E-state index contributed by atoms with van der Waals surface area (Å²) in [6.45, 7) is 11.1. The van der Waals surface area contributed by atoms with Gasteiger partial charge in [0.25, 0.3) is 0 Å². The van der Waals surface area contributed by atoms with E-state index in [1.807, 2.05) is 0 Å². The highest BCUT2D eigenvalue weighted by Gasteiger charge is 1.98. The van der Waals surface area contributed by atoms with Gasteiger partial charge in [0.1, 0.15) is 0 Å². The zero-order valence-electron chi connectivity index (χ0n) is 11.1. The zero-order chi connectivity index (χ0) is 12.0. The van der Waals surface area contributed by atoms with Crippen LogP contribution in [0.25, 0.3) is 0 Å². The van der Waals surface area contributed by atoms with Crippen LogP contribution in [0.1, 0.15) is 38.8 Å². The molecule has 0 aliphatic heterocycles. The van der Waals surface area contributed by atoms with Gasteiger partial charge in [-0.05, 0) is 35.9 Å². The lowest BCUT2D eigenvalue weighted by Crippen LogP contribution is -2.18. The summed E-state index contributed by atoms with van der Waals surface area (Å²) in [5.74, 6) is 1.46. The van der Waals surface area contributed by atoms with Crippen LogP contribution in [0.3, 0.4) is 0 Å². The Morgan fingerprint density at radius 1 is 0.875 bits per heavy atom. The summed E-state index contributed by atoms with van der Waals surface area (Å²) in [5, 5.41) is 3.46. The van der Waals surface area contributed by atoms with Gasteiger partial charge in [-0.1, -0.05) is 52.0 Å². The minimum Gasteiger partial charge on any atom is -0.312 e. The van der Waals surface area contributed by atoms with Gasteiger partial charge in [0.2, 0.25) is 0 Å². The second kappa shape index (κ2) is 6.70. The third-order valence-corrected chi connectivity index (χ3v) is 2.55. The molecule has 0 radical (unpaired) electrons. The van der Waals surface area contributed by atoms with Crippen LogP contribution in [-0.4, -0.2) is 6.54 Å². The molecular formula is C15H25N. The third-order valence-electron chi connectivity index (χ3n) is 2.55. The van der Waals surface area contributed by atoms with Crippen molar-refractivity contribution >= 4 is 0 Å². The topological polar surface area (TPSA) is 12.0 Å². The standard InChI is InChI=1S/C15H25N/c1-12(2)9-14-5-7-15(8-6-14)11-16-10-13(3)4/h5-8,12-13,16H,9-11H2,1-4H3. The van der Waals surface area contributed by atoms with Crippen molar-refractivity contribution < 1.29 is 0 Å². The van der Waals surface area contributed by atoms with Gasteiger partial charge in [0.05, 0.1) is 0 Å². The largest absolute Gasteiger partial charge is 0.312 e. The summed E-state index contributed by atoms with van der Waals surface area (Å²) >= 11 is 0. The maximum Gasteiger partial charge on any atom is 0.0205 e. The first-order valence-corrected chi connectivity index (χ1v) is 6.36. The van der Waals surface area contributed by atoms with Crippen LogP contribution in [0, 0.1) is 11.8 Å². The van der Waals surface area contributed by atoms with E-state index in [1.54, 1.807) is 0 Å². The van der Waals surface area contributed by atoms with Crippen LogP contribution in [-0.2, 0) is 13.0 Å². The van der Waals surface area contributed by atoms with Crippen LogP contribution in [0.2, 0.25) is 0 Å². The Labute approximate surface area is 100 Å². The van der Waals surface area contributed by atoms with E-state index in [1.165, 1.54) is 17.5 Å². The molecule has 0 aliphatic carbocycles. The van der Waals surface area contributed by atoms with Crippen LogP contribution < -0.4 is 5.32 Å². The van der Waals surface area contributed by atoms with E-state index in [9.17, 15) is 0 Å². The van der Waals surface area contributed by atoms with Crippen molar-refractivity contribution in [2.75, 3.05) is 6.54 Å². The van der Waals surface area contributed by atoms with E-state index in [0.29, 0.717) is 0 Å². The number of hydrogen-bond acceptors (Lipinski definition) is 1. The van der Waals surface area contributed by atoms with Crippen LogP contribution in [0.5, 0.6) is 0 Å². The Balaban J connectivity index is 2.39. The molecule has 1 aromatic rings. The van der Waals surface area contributed by atoms with Gasteiger partial charge >= 0.3 is 0 Å². The molecule has 0 amide bonds. The van der Waals surface area contributed by atoms with Gasteiger partial charge in [-0.25, -0.2) is 0 Å². The summed E-state index contributed by atoms with van der Waals surface area (Å²) in [6.07, 6.45) is 1.18. The molecule has 0 saturated heterocycles. The molecule has 90 valence electrons. The molecule has 16 heavy (non-hydrogen) atoms. The van der Waals surface area contributed by atoms with Crippen molar-refractivity contribution in [3.05, 3.63) is 35.4 Å². The van der Waals surface area contributed by atoms with Crippen LogP contribution in [0.15, 0.2) is 24.3 Å². The molecule has 1 nitrogen and oxygen atoms in total.